The van der Waals surface area contributed by atoms with Crippen LogP contribution in [0.2, 0.25) is 0 Å². The Morgan fingerprint density at radius 2 is 2.11 bits per heavy atom. The molecule has 0 saturated heterocycles. The molecule has 1 spiro atoms. The first-order chi connectivity index (χ1) is 9.30. The van der Waals surface area contributed by atoms with E-state index in [1.54, 1.807) is 0 Å². The van der Waals surface area contributed by atoms with Crippen LogP contribution < -0.4 is 5.32 Å². The van der Waals surface area contributed by atoms with Crippen molar-refractivity contribution in [2.24, 2.45) is 16.3 Å². The fourth-order valence-electron chi connectivity index (χ4n) is 4.03. The minimum atomic E-state index is 0.578. The zero-order valence-electron chi connectivity index (χ0n) is 12.3. The molecule has 0 aromatic rings. The molecule has 19 heavy (non-hydrogen) atoms. The van der Waals surface area contributed by atoms with Gasteiger partial charge in [0, 0.05) is 18.3 Å². The van der Waals surface area contributed by atoms with E-state index in [9.17, 15) is 0 Å². The van der Waals surface area contributed by atoms with Crippen molar-refractivity contribution in [2.45, 2.75) is 70.8 Å². The molecular formula is C16H28N2S. The van der Waals surface area contributed by atoms with E-state index in [2.05, 4.69) is 12.2 Å². The highest BCUT2D eigenvalue weighted by Gasteiger charge is 2.36. The number of nitrogens with one attached hydrogen (secondary N) is 1. The van der Waals surface area contributed by atoms with E-state index in [1.165, 1.54) is 68.7 Å². The third-order valence-electron chi connectivity index (χ3n) is 5.43. The highest BCUT2D eigenvalue weighted by Crippen LogP contribution is 2.43. The van der Waals surface area contributed by atoms with Crippen LogP contribution in [0.5, 0.6) is 0 Å². The first kappa shape index (κ1) is 13.8. The van der Waals surface area contributed by atoms with Gasteiger partial charge in [0.1, 0.15) is 0 Å². The van der Waals surface area contributed by atoms with E-state index in [0.717, 1.165) is 12.5 Å². The average molecular weight is 280 g/mol. The molecular weight excluding hydrogens is 252 g/mol. The fraction of sp³-hybridized carbons (Fsp3) is 0.938. The lowest BCUT2D eigenvalue weighted by Gasteiger charge is -2.34. The highest BCUT2D eigenvalue weighted by atomic mass is 32.2. The lowest BCUT2D eigenvalue weighted by Crippen LogP contribution is -2.40. The number of hydrogen-bond acceptors (Lipinski definition) is 3. The maximum absolute atomic E-state index is 4.88. The monoisotopic (exact) mass is 280 g/mol. The normalized spacial score (nSPS) is 34.3. The SMILES string of the molecule is CCC1CCCC(NC2=NCC3(CCCC3)CS2)C1. The Hall–Kier alpha value is -0.180. The van der Waals surface area contributed by atoms with Crippen molar-refractivity contribution in [1.29, 1.82) is 0 Å². The second-order valence-electron chi connectivity index (χ2n) is 6.90. The Labute approximate surface area is 122 Å². The number of aliphatic imine (C=N–C) groups is 1. The summed E-state index contributed by atoms with van der Waals surface area (Å²) in [5, 5.41) is 4.99. The largest absolute Gasteiger partial charge is 0.362 e. The van der Waals surface area contributed by atoms with Gasteiger partial charge in [0.25, 0.3) is 0 Å². The minimum absolute atomic E-state index is 0.578. The summed E-state index contributed by atoms with van der Waals surface area (Å²) < 4.78 is 0. The summed E-state index contributed by atoms with van der Waals surface area (Å²) in [4.78, 5) is 4.88. The Balaban J connectivity index is 1.52. The van der Waals surface area contributed by atoms with Crippen molar-refractivity contribution in [3.8, 4) is 0 Å². The summed E-state index contributed by atoms with van der Waals surface area (Å²) in [6.07, 6.45) is 12.6. The number of amidine groups is 1. The molecule has 3 aliphatic rings. The Morgan fingerprint density at radius 3 is 2.79 bits per heavy atom. The zero-order valence-corrected chi connectivity index (χ0v) is 13.1. The van der Waals surface area contributed by atoms with Gasteiger partial charge in [-0.1, -0.05) is 50.8 Å². The Morgan fingerprint density at radius 1 is 1.26 bits per heavy atom. The maximum atomic E-state index is 4.88. The molecule has 3 heteroatoms. The van der Waals surface area contributed by atoms with Gasteiger partial charge in [-0.2, -0.15) is 0 Å². The lowest BCUT2D eigenvalue weighted by atomic mass is 9.84. The summed E-state index contributed by atoms with van der Waals surface area (Å²) in [5.74, 6) is 2.25. The van der Waals surface area contributed by atoms with Crippen molar-refractivity contribution < 1.29 is 0 Å². The molecule has 2 saturated carbocycles. The van der Waals surface area contributed by atoms with Crippen LogP contribution in [-0.4, -0.2) is 23.5 Å². The highest BCUT2D eigenvalue weighted by molar-refractivity contribution is 8.13. The van der Waals surface area contributed by atoms with Gasteiger partial charge in [-0.05, 0) is 37.0 Å². The molecule has 0 aromatic carbocycles. The van der Waals surface area contributed by atoms with E-state index in [4.69, 9.17) is 4.99 Å². The third kappa shape index (κ3) is 3.29. The molecule has 2 unspecified atom stereocenters. The van der Waals surface area contributed by atoms with E-state index in [-0.39, 0.29) is 0 Å². The van der Waals surface area contributed by atoms with Crippen LogP contribution >= 0.6 is 11.8 Å². The number of nitrogens with zero attached hydrogens (tertiary/aromatic N) is 1. The minimum Gasteiger partial charge on any atom is -0.362 e. The van der Waals surface area contributed by atoms with Crippen LogP contribution in [0.3, 0.4) is 0 Å². The maximum Gasteiger partial charge on any atom is 0.156 e. The predicted octanol–water partition coefficient (Wildman–Crippen LogP) is 4.21. The van der Waals surface area contributed by atoms with E-state index in [1.807, 2.05) is 11.8 Å². The van der Waals surface area contributed by atoms with Gasteiger partial charge in [0.2, 0.25) is 0 Å². The molecule has 1 heterocycles. The van der Waals surface area contributed by atoms with Crippen LogP contribution in [0.15, 0.2) is 4.99 Å². The molecule has 2 aliphatic carbocycles. The predicted molar refractivity (Wildman–Crippen MR) is 84.8 cm³/mol. The molecule has 1 aliphatic heterocycles. The van der Waals surface area contributed by atoms with Gasteiger partial charge in [-0.25, -0.2) is 0 Å². The molecule has 2 atom stereocenters. The molecule has 2 nitrogen and oxygen atoms in total. The van der Waals surface area contributed by atoms with Crippen molar-refractivity contribution in [2.75, 3.05) is 12.3 Å². The fourth-order valence-corrected chi connectivity index (χ4v) is 5.26. The summed E-state index contributed by atoms with van der Waals surface area (Å²) >= 11 is 2.00. The van der Waals surface area contributed by atoms with Gasteiger partial charge < -0.3 is 5.32 Å². The van der Waals surface area contributed by atoms with E-state index >= 15 is 0 Å². The van der Waals surface area contributed by atoms with Crippen molar-refractivity contribution >= 4 is 16.9 Å². The van der Waals surface area contributed by atoms with Crippen LogP contribution in [0.4, 0.5) is 0 Å². The second kappa shape index (κ2) is 6.07. The molecule has 108 valence electrons. The summed E-state index contributed by atoms with van der Waals surface area (Å²) in [6.45, 7) is 3.43. The molecule has 2 fully saturated rings. The first-order valence-electron chi connectivity index (χ1n) is 8.23. The zero-order chi connectivity index (χ0) is 13.1. The van der Waals surface area contributed by atoms with Crippen molar-refractivity contribution in [3.63, 3.8) is 0 Å². The third-order valence-corrected chi connectivity index (χ3v) is 6.70. The average Bonchev–Trinajstić information content (AvgIpc) is 2.90. The van der Waals surface area contributed by atoms with Crippen LogP contribution in [-0.2, 0) is 0 Å². The summed E-state index contributed by atoms with van der Waals surface area (Å²) in [6, 6.07) is 0.697. The summed E-state index contributed by atoms with van der Waals surface area (Å²) in [7, 11) is 0. The Kier molecular flexibility index (Phi) is 4.40. The van der Waals surface area contributed by atoms with Crippen LogP contribution in [0, 0.1) is 11.3 Å². The van der Waals surface area contributed by atoms with E-state index in [0.29, 0.717) is 11.5 Å². The molecule has 0 radical (unpaired) electrons. The molecule has 1 N–H and O–H groups in total. The molecule has 0 amide bonds. The van der Waals surface area contributed by atoms with Gasteiger partial charge in [-0.3, -0.25) is 4.99 Å². The van der Waals surface area contributed by atoms with Crippen LogP contribution in [0.25, 0.3) is 0 Å². The number of hydrogen-bond donors (Lipinski definition) is 1. The second-order valence-corrected chi connectivity index (χ2v) is 7.86. The quantitative estimate of drug-likeness (QED) is 0.819. The van der Waals surface area contributed by atoms with Crippen molar-refractivity contribution in [1.82, 2.24) is 5.32 Å². The smallest absolute Gasteiger partial charge is 0.156 e. The first-order valence-corrected chi connectivity index (χ1v) is 9.22. The standard InChI is InChI=1S/C16H28N2S/c1-2-13-6-5-7-14(10-13)18-15-17-11-16(12-19-15)8-3-4-9-16/h13-14H,2-12H2,1H3,(H,17,18). The van der Waals surface area contributed by atoms with Gasteiger partial charge in [0.15, 0.2) is 5.17 Å². The lowest BCUT2D eigenvalue weighted by molar-refractivity contribution is 0.299. The van der Waals surface area contributed by atoms with Gasteiger partial charge >= 0.3 is 0 Å². The topological polar surface area (TPSA) is 24.4 Å². The molecule has 3 rings (SSSR count). The summed E-state index contributed by atoms with van der Waals surface area (Å²) in [5.41, 5.74) is 0.578. The Bertz CT molecular complexity index is 334. The number of rotatable bonds is 2. The molecule has 0 bridgehead atoms. The molecule has 0 aromatic heterocycles. The van der Waals surface area contributed by atoms with E-state index < -0.39 is 0 Å². The van der Waals surface area contributed by atoms with Gasteiger partial charge in [0.05, 0.1) is 0 Å². The van der Waals surface area contributed by atoms with Crippen molar-refractivity contribution in [3.05, 3.63) is 0 Å². The van der Waals surface area contributed by atoms with Gasteiger partial charge in [-0.15, -0.1) is 0 Å². The number of thioether (sulfide) groups is 1. The van der Waals surface area contributed by atoms with Crippen LogP contribution in [0.1, 0.15) is 64.7 Å².